The highest BCUT2D eigenvalue weighted by Crippen LogP contribution is 2.36. The molecule has 1 saturated heterocycles. The van der Waals surface area contributed by atoms with Crippen molar-refractivity contribution >= 4 is 11.8 Å². The topological polar surface area (TPSA) is 80.3 Å². The first-order valence-corrected chi connectivity index (χ1v) is 8.77. The Bertz CT molecular complexity index is 578. The Balaban J connectivity index is 1.48. The van der Waals surface area contributed by atoms with E-state index in [2.05, 4.69) is 22.5 Å². The van der Waals surface area contributed by atoms with Crippen molar-refractivity contribution in [1.29, 1.82) is 0 Å². The van der Waals surface area contributed by atoms with E-state index in [1.165, 1.54) is 0 Å². The molecule has 2 amide bonds. The van der Waals surface area contributed by atoms with Crippen molar-refractivity contribution in [2.24, 2.45) is 11.8 Å². The lowest BCUT2D eigenvalue weighted by molar-refractivity contribution is -0.127. The zero-order valence-electron chi connectivity index (χ0n) is 14.0. The number of fused-ring (bicyclic) bond motifs is 1. The molecule has 1 aliphatic carbocycles. The van der Waals surface area contributed by atoms with Crippen LogP contribution in [0, 0.1) is 11.8 Å². The summed E-state index contributed by atoms with van der Waals surface area (Å²) in [6.07, 6.45) is 7.77. The number of nitrogens with one attached hydrogen (secondary N) is 2. The van der Waals surface area contributed by atoms with Crippen molar-refractivity contribution in [1.82, 2.24) is 15.6 Å². The lowest BCUT2D eigenvalue weighted by Crippen LogP contribution is -2.55. The highest BCUT2D eigenvalue weighted by atomic mass is 16.5. The van der Waals surface area contributed by atoms with Crippen molar-refractivity contribution in [3.8, 4) is 5.75 Å². The van der Waals surface area contributed by atoms with Gasteiger partial charge in [0.1, 0.15) is 5.75 Å². The van der Waals surface area contributed by atoms with Gasteiger partial charge in [-0.1, -0.05) is 13.3 Å². The third-order valence-corrected chi connectivity index (χ3v) is 5.20. The SMILES string of the molecule is CCC1CC(=O)NC2CC(NC(=O)COc3cccnc3)CCC12. The van der Waals surface area contributed by atoms with E-state index < -0.39 is 0 Å². The minimum absolute atomic E-state index is 0.0137. The molecule has 4 unspecified atom stereocenters. The summed E-state index contributed by atoms with van der Waals surface area (Å²) in [7, 11) is 0. The summed E-state index contributed by atoms with van der Waals surface area (Å²) in [4.78, 5) is 27.9. The van der Waals surface area contributed by atoms with Crippen molar-refractivity contribution in [2.45, 2.75) is 51.1 Å². The monoisotopic (exact) mass is 331 g/mol. The molecular weight excluding hydrogens is 306 g/mol. The van der Waals surface area contributed by atoms with Crippen LogP contribution < -0.4 is 15.4 Å². The molecule has 1 aromatic rings. The summed E-state index contributed by atoms with van der Waals surface area (Å²) in [5, 5.41) is 6.15. The molecule has 2 fully saturated rings. The largest absolute Gasteiger partial charge is 0.482 e. The second-order valence-electron chi connectivity index (χ2n) is 6.77. The van der Waals surface area contributed by atoms with Gasteiger partial charge in [0.2, 0.25) is 5.91 Å². The highest BCUT2D eigenvalue weighted by Gasteiger charge is 2.40. The summed E-state index contributed by atoms with van der Waals surface area (Å²) >= 11 is 0. The summed E-state index contributed by atoms with van der Waals surface area (Å²) < 4.78 is 5.42. The molecule has 6 nitrogen and oxygen atoms in total. The Labute approximate surface area is 142 Å². The quantitative estimate of drug-likeness (QED) is 0.860. The third kappa shape index (κ3) is 4.04. The Morgan fingerprint density at radius 3 is 3.08 bits per heavy atom. The van der Waals surface area contributed by atoms with E-state index in [0.717, 1.165) is 25.7 Å². The molecule has 0 spiro atoms. The highest BCUT2D eigenvalue weighted by molar-refractivity contribution is 5.78. The Morgan fingerprint density at radius 1 is 1.46 bits per heavy atom. The van der Waals surface area contributed by atoms with Crippen LogP contribution in [0.1, 0.15) is 39.0 Å². The lowest BCUT2D eigenvalue weighted by atomic mass is 9.70. The molecule has 3 rings (SSSR count). The molecule has 0 radical (unpaired) electrons. The molecular formula is C18H25N3O3. The zero-order chi connectivity index (χ0) is 16.9. The van der Waals surface area contributed by atoms with Crippen LogP contribution in [0.4, 0.5) is 0 Å². The van der Waals surface area contributed by atoms with Gasteiger partial charge in [-0.15, -0.1) is 0 Å². The summed E-state index contributed by atoms with van der Waals surface area (Å²) in [6.45, 7) is 2.14. The molecule has 6 heteroatoms. The maximum absolute atomic E-state index is 12.1. The van der Waals surface area contributed by atoms with Gasteiger partial charge in [-0.05, 0) is 43.2 Å². The smallest absolute Gasteiger partial charge is 0.258 e. The first-order chi connectivity index (χ1) is 11.7. The number of pyridine rings is 1. The average molecular weight is 331 g/mol. The van der Waals surface area contributed by atoms with E-state index in [0.29, 0.717) is 24.0 Å². The number of nitrogens with zero attached hydrogens (tertiary/aromatic N) is 1. The van der Waals surface area contributed by atoms with Crippen LogP contribution in [0.3, 0.4) is 0 Å². The van der Waals surface area contributed by atoms with E-state index in [1.807, 2.05) is 0 Å². The maximum Gasteiger partial charge on any atom is 0.258 e. The molecule has 0 aromatic carbocycles. The number of carbonyl (C=O) groups is 2. The second-order valence-corrected chi connectivity index (χ2v) is 6.77. The Kier molecular flexibility index (Phi) is 5.33. The number of hydrogen-bond donors (Lipinski definition) is 2. The van der Waals surface area contributed by atoms with Gasteiger partial charge in [0.05, 0.1) is 6.20 Å². The number of piperidine rings is 1. The number of hydrogen-bond acceptors (Lipinski definition) is 4. The van der Waals surface area contributed by atoms with Gasteiger partial charge in [-0.25, -0.2) is 0 Å². The third-order valence-electron chi connectivity index (χ3n) is 5.20. The standard InChI is InChI=1S/C18H25N3O3/c1-2-12-8-17(22)21-16-9-13(5-6-15(12)16)20-18(23)11-24-14-4-3-7-19-10-14/h3-4,7,10,12-13,15-16H,2,5-6,8-9,11H2,1H3,(H,20,23)(H,21,22). The van der Waals surface area contributed by atoms with Crippen LogP contribution in [0.5, 0.6) is 5.75 Å². The molecule has 1 aliphatic heterocycles. The maximum atomic E-state index is 12.1. The van der Waals surface area contributed by atoms with Crippen LogP contribution in [0.25, 0.3) is 0 Å². The summed E-state index contributed by atoms with van der Waals surface area (Å²) in [6, 6.07) is 3.83. The normalized spacial score (nSPS) is 29.3. The molecule has 24 heavy (non-hydrogen) atoms. The summed E-state index contributed by atoms with van der Waals surface area (Å²) in [5.74, 6) is 1.63. The van der Waals surface area contributed by atoms with Crippen LogP contribution in [-0.4, -0.2) is 35.5 Å². The number of rotatable bonds is 5. The molecule has 0 bridgehead atoms. The van der Waals surface area contributed by atoms with Crippen molar-refractivity contribution in [3.05, 3.63) is 24.5 Å². The molecule has 2 aliphatic rings. The molecule has 1 saturated carbocycles. The Hall–Kier alpha value is -2.11. The van der Waals surface area contributed by atoms with Crippen LogP contribution >= 0.6 is 0 Å². The molecule has 4 atom stereocenters. The van der Waals surface area contributed by atoms with Crippen molar-refractivity contribution in [2.75, 3.05) is 6.61 Å². The zero-order valence-corrected chi connectivity index (χ0v) is 14.0. The number of amides is 2. The minimum atomic E-state index is -0.128. The predicted octanol–water partition coefficient (Wildman–Crippen LogP) is 1.66. The van der Waals surface area contributed by atoms with Gasteiger partial charge in [0.15, 0.2) is 6.61 Å². The van der Waals surface area contributed by atoms with Gasteiger partial charge in [-0.3, -0.25) is 14.6 Å². The van der Waals surface area contributed by atoms with E-state index in [1.54, 1.807) is 24.5 Å². The molecule has 1 aromatic heterocycles. The fourth-order valence-corrected chi connectivity index (χ4v) is 4.01. The van der Waals surface area contributed by atoms with E-state index in [4.69, 9.17) is 4.74 Å². The first-order valence-electron chi connectivity index (χ1n) is 8.77. The van der Waals surface area contributed by atoms with E-state index in [9.17, 15) is 9.59 Å². The van der Waals surface area contributed by atoms with Crippen LogP contribution in [0.2, 0.25) is 0 Å². The first kappa shape index (κ1) is 16.7. The minimum Gasteiger partial charge on any atom is -0.482 e. The van der Waals surface area contributed by atoms with Gasteiger partial charge >= 0.3 is 0 Å². The summed E-state index contributed by atoms with van der Waals surface area (Å²) in [5.41, 5.74) is 0. The van der Waals surface area contributed by atoms with E-state index in [-0.39, 0.29) is 30.5 Å². The fourth-order valence-electron chi connectivity index (χ4n) is 4.01. The van der Waals surface area contributed by atoms with Crippen LogP contribution in [0.15, 0.2) is 24.5 Å². The predicted molar refractivity (Wildman–Crippen MR) is 89.3 cm³/mol. The van der Waals surface area contributed by atoms with Crippen molar-refractivity contribution < 1.29 is 14.3 Å². The van der Waals surface area contributed by atoms with Gasteiger partial charge < -0.3 is 15.4 Å². The average Bonchev–Trinajstić information content (AvgIpc) is 2.59. The van der Waals surface area contributed by atoms with Gasteiger partial charge in [-0.2, -0.15) is 0 Å². The van der Waals surface area contributed by atoms with Crippen LogP contribution in [-0.2, 0) is 9.59 Å². The van der Waals surface area contributed by atoms with E-state index >= 15 is 0 Å². The number of ether oxygens (including phenoxy) is 1. The lowest BCUT2D eigenvalue weighted by Gasteiger charge is -2.44. The molecule has 2 N–H and O–H groups in total. The van der Waals surface area contributed by atoms with Gasteiger partial charge in [0, 0.05) is 24.7 Å². The number of aromatic nitrogens is 1. The second kappa shape index (κ2) is 7.64. The fraction of sp³-hybridized carbons (Fsp3) is 0.611. The van der Waals surface area contributed by atoms with Gasteiger partial charge in [0.25, 0.3) is 5.91 Å². The molecule has 2 heterocycles. The van der Waals surface area contributed by atoms with Crippen molar-refractivity contribution in [3.63, 3.8) is 0 Å². The molecule has 130 valence electrons. The number of carbonyl (C=O) groups excluding carboxylic acids is 2. The Morgan fingerprint density at radius 2 is 2.33 bits per heavy atom.